The highest BCUT2D eigenvalue weighted by Gasteiger charge is 2.26. The lowest BCUT2D eigenvalue weighted by molar-refractivity contribution is -0.138. The number of carbonyl (C=O) groups excluding carboxylic acids is 1. The van der Waals surface area contributed by atoms with Crippen LogP contribution in [0.2, 0.25) is 0 Å². The van der Waals surface area contributed by atoms with Crippen LogP contribution in [0.3, 0.4) is 0 Å². The predicted molar refractivity (Wildman–Crippen MR) is 71.6 cm³/mol. The lowest BCUT2D eigenvalue weighted by Gasteiger charge is -2.35. The van der Waals surface area contributed by atoms with Crippen LogP contribution in [0.5, 0.6) is 0 Å². The summed E-state index contributed by atoms with van der Waals surface area (Å²) in [6.45, 7) is 8.11. The van der Waals surface area contributed by atoms with Crippen LogP contribution >= 0.6 is 0 Å². The molecule has 2 amide bonds. The summed E-state index contributed by atoms with van der Waals surface area (Å²) >= 11 is 0. The number of carboxylic acids is 1. The predicted octanol–water partition coefficient (Wildman–Crippen LogP) is 1.92. The number of rotatable bonds is 7. The van der Waals surface area contributed by atoms with Crippen LogP contribution in [0, 0.1) is 11.3 Å². The Balaban J connectivity index is 4.86. The van der Waals surface area contributed by atoms with Gasteiger partial charge in [0.25, 0.3) is 0 Å². The number of carboxylic acid groups (broad SMARTS) is 1. The van der Waals surface area contributed by atoms with Gasteiger partial charge in [0.15, 0.2) is 0 Å². The molecule has 0 fully saturated rings. The SMILES string of the molecule is CCN(C(=O)N(CCC#N)C(C)C)C(C)CC(=O)O. The number of hydrogen-bond acceptors (Lipinski definition) is 3. The molecule has 0 aromatic rings. The molecule has 0 aliphatic heterocycles. The molecule has 0 aromatic carbocycles. The van der Waals surface area contributed by atoms with E-state index >= 15 is 0 Å². The zero-order valence-electron chi connectivity index (χ0n) is 12.1. The van der Waals surface area contributed by atoms with Crippen LogP contribution in [0.1, 0.15) is 40.5 Å². The van der Waals surface area contributed by atoms with Crippen molar-refractivity contribution in [1.29, 1.82) is 5.26 Å². The summed E-state index contributed by atoms with van der Waals surface area (Å²) < 4.78 is 0. The molecular formula is C13H23N3O3. The van der Waals surface area contributed by atoms with Gasteiger partial charge in [-0.25, -0.2) is 4.79 Å². The highest BCUT2D eigenvalue weighted by molar-refractivity contribution is 5.76. The van der Waals surface area contributed by atoms with Gasteiger partial charge in [-0.1, -0.05) is 0 Å². The minimum Gasteiger partial charge on any atom is -0.481 e. The number of carbonyl (C=O) groups is 2. The first-order chi connectivity index (χ1) is 8.84. The zero-order valence-corrected chi connectivity index (χ0v) is 12.1. The second kappa shape index (κ2) is 8.35. The summed E-state index contributed by atoms with van der Waals surface area (Å²) in [7, 11) is 0. The molecule has 0 rings (SSSR count). The number of hydrogen-bond donors (Lipinski definition) is 1. The standard InChI is InChI=1S/C13H23N3O3/c1-5-15(11(4)9-12(17)18)13(19)16(10(2)3)8-6-7-14/h10-11H,5-6,8-9H2,1-4H3,(H,17,18). The second-order valence-corrected chi connectivity index (χ2v) is 4.71. The molecule has 1 N–H and O–H groups in total. The van der Waals surface area contributed by atoms with Crippen molar-refractivity contribution < 1.29 is 14.7 Å². The van der Waals surface area contributed by atoms with Crippen LogP contribution in [-0.2, 0) is 4.79 Å². The van der Waals surface area contributed by atoms with E-state index in [1.807, 2.05) is 26.8 Å². The van der Waals surface area contributed by atoms with Gasteiger partial charge in [-0.2, -0.15) is 5.26 Å². The van der Waals surface area contributed by atoms with Gasteiger partial charge in [0.2, 0.25) is 0 Å². The van der Waals surface area contributed by atoms with Crippen LogP contribution in [-0.4, -0.2) is 52.1 Å². The topological polar surface area (TPSA) is 84.6 Å². The summed E-state index contributed by atoms with van der Waals surface area (Å²) in [5, 5.41) is 17.4. The van der Waals surface area contributed by atoms with E-state index in [0.29, 0.717) is 13.1 Å². The molecule has 0 aliphatic carbocycles. The molecule has 0 radical (unpaired) electrons. The number of nitrogens with zero attached hydrogens (tertiary/aromatic N) is 3. The molecule has 0 spiro atoms. The maximum absolute atomic E-state index is 12.4. The number of aliphatic carboxylic acids is 1. The lowest BCUT2D eigenvalue weighted by atomic mass is 10.2. The fourth-order valence-corrected chi connectivity index (χ4v) is 1.91. The Labute approximate surface area is 114 Å². The molecule has 6 nitrogen and oxygen atoms in total. The van der Waals surface area contributed by atoms with Gasteiger partial charge in [-0.3, -0.25) is 4.79 Å². The monoisotopic (exact) mass is 269 g/mol. The van der Waals surface area contributed by atoms with Crippen molar-refractivity contribution in [2.75, 3.05) is 13.1 Å². The van der Waals surface area contributed by atoms with Crippen molar-refractivity contribution in [1.82, 2.24) is 9.80 Å². The Morgan fingerprint density at radius 2 is 1.84 bits per heavy atom. The summed E-state index contributed by atoms with van der Waals surface area (Å²) in [5.41, 5.74) is 0. The molecule has 0 saturated heterocycles. The number of urea groups is 1. The average molecular weight is 269 g/mol. The highest BCUT2D eigenvalue weighted by atomic mass is 16.4. The maximum atomic E-state index is 12.4. The molecule has 0 saturated carbocycles. The van der Waals surface area contributed by atoms with E-state index in [1.165, 1.54) is 4.90 Å². The Bertz CT molecular complexity index is 350. The number of amides is 2. The van der Waals surface area contributed by atoms with Gasteiger partial charge in [0.1, 0.15) is 0 Å². The van der Waals surface area contributed by atoms with E-state index in [9.17, 15) is 9.59 Å². The Hall–Kier alpha value is -1.77. The second-order valence-electron chi connectivity index (χ2n) is 4.71. The summed E-state index contributed by atoms with van der Waals surface area (Å²) in [6.07, 6.45) is 0.193. The molecule has 0 aliphatic rings. The average Bonchev–Trinajstić information content (AvgIpc) is 2.28. The minimum absolute atomic E-state index is 0.0214. The molecule has 0 aromatic heterocycles. The van der Waals surface area contributed by atoms with Gasteiger partial charge in [0, 0.05) is 25.2 Å². The van der Waals surface area contributed by atoms with Gasteiger partial charge in [-0.15, -0.1) is 0 Å². The highest BCUT2D eigenvalue weighted by Crippen LogP contribution is 2.11. The van der Waals surface area contributed by atoms with E-state index < -0.39 is 5.97 Å². The van der Waals surface area contributed by atoms with E-state index in [0.717, 1.165) is 0 Å². The number of nitriles is 1. The van der Waals surface area contributed by atoms with Crippen molar-refractivity contribution in [2.24, 2.45) is 0 Å². The summed E-state index contributed by atoms with van der Waals surface area (Å²) in [6, 6.07) is 1.43. The van der Waals surface area contributed by atoms with Crippen molar-refractivity contribution in [3.63, 3.8) is 0 Å². The molecular weight excluding hydrogens is 246 g/mol. The quantitative estimate of drug-likeness (QED) is 0.765. The normalized spacial score (nSPS) is 11.8. The van der Waals surface area contributed by atoms with Crippen LogP contribution in [0.15, 0.2) is 0 Å². The van der Waals surface area contributed by atoms with Gasteiger partial charge in [0.05, 0.1) is 18.9 Å². The summed E-state index contributed by atoms with van der Waals surface area (Å²) in [5.74, 6) is -0.924. The van der Waals surface area contributed by atoms with Crippen LogP contribution < -0.4 is 0 Å². The summed E-state index contributed by atoms with van der Waals surface area (Å²) in [4.78, 5) is 26.3. The van der Waals surface area contributed by atoms with Crippen molar-refractivity contribution in [3.8, 4) is 6.07 Å². The van der Waals surface area contributed by atoms with Crippen LogP contribution in [0.4, 0.5) is 4.79 Å². The fourth-order valence-electron chi connectivity index (χ4n) is 1.91. The Morgan fingerprint density at radius 1 is 1.26 bits per heavy atom. The lowest BCUT2D eigenvalue weighted by Crippen LogP contribution is -2.50. The minimum atomic E-state index is -0.924. The van der Waals surface area contributed by atoms with Gasteiger partial charge >= 0.3 is 12.0 Å². The molecule has 6 heteroatoms. The smallest absolute Gasteiger partial charge is 0.320 e. The van der Waals surface area contributed by atoms with Crippen molar-refractivity contribution in [2.45, 2.75) is 52.6 Å². The first-order valence-electron chi connectivity index (χ1n) is 6.51. The van der Waals surface area contributed by atoms with Gasteiger partial charge in [-0.05, 0) is 27.7 Å². The van der Waals surface area contributed by atoms with E-state index in [2.05, 4.69) is 0 Å². The van der Waals surface area contributed by atoms with E-state index in [4.69, 9.17) is 10.4 Å². The Morgan fingerprint density at radius 3 is 2.21 bits per heavy atom. The third-order valence-corrected chi connectivity index (χ3v) is 2.92. The van der Waals surface area contributed by atoms with Gasteiger partial charge < -0.3 is 14.9 Å². The first kappa shape index (κ1) is 17.2. The van der Waals surface area contributed by atoms with E-state index in [-0.39, 0.29) is 31.0 Å². The van der Waals surface area contributed by atoms with E-state index in [1.54, 1.807) is 11.8 Å². The van der Waals surface area contributed by atoms with Crippen molar-refractivity contribution >= 4 is 12.0 Å². The van der Waals surface area contributed by atoms with Crippen molar-refractivity contribution in [3.05, 3.63) is 0 Å². The molecule has 19 heavy (non-hydrogen) atoms. The third kappa shape index (κ3) is 5.60. The maximum Gasteiger partial charge on any atom is 0.320 e. The largest absolute Gasteiger partial charge is 0.481 e. The molecule has 1 unspecified atom stereocenters. The zero-order chi connectivity index (χ0) is 15.0. The molecule has 0 heterocycles. The third-order valence-electron chi connectivity index (χ3n) is 2.92. The molecule has 0 bridgehead atoms. The Kier molecular flexibility index (Phi) is 7.57. The first-order valence-corrected chi connectivity index (χ1v) is 6.51. The molecule has 1 atom stereocenters. The molecule has 108 valence electrons. The van der Waals surface area contributed by atoms with Crippen LogP contribution in [0.25, 0.3) is 0 Å². The fraction of sp³-hybridized carbons (Fsp3) is 0.769.